The molecule has 1 aromatic rings. The first-order valence-electron chi connectivity index (χ1n) is 8.07. The van der Waals surface area contributed by atoms with Gasteiger partial charge in [0.1, 0.15) is 0 Å². The molecule has 1 rings (SSSR count). The first kappa shape index (κ1) is 21.8. The Morgan fingerprint density at radius 2 is 1.59 bits per heavy atom. The van der Waals surface area contributed by atoms with Crippen molar-refractivity contribution in [3.05, 3.63) is 48.0 Å². The van der Waals surface area contributed by atoms with Gasteiger partial charge in [-0.15, -0.1) is 0 Å². The molecule has 27 heavy (non-hydrogen) atoms. The first-order chi connectivity index (χ1) is 12.7. The molecule has 8 nitrogen and oxygen atoms in total. The molecule has 0 aliphatic rings. The second kappa shape index (κ2) is 10.0. The fourth-order valence-corrected chi connectivity index (χ4v) is 1.95. The Kier molecular flexibility index (Phi) is 8.06. The average molecular weight is 376 g/mol. The monoisotopic (exact) mass is 376 g/mol. The molecule has 0 spiro atoms. The molecule has 8 heteroatoms. The minimum absolute atomic E-state index is 0.108. The highest BCUT2D eigenvalue weighted by Crippen LogP contribution is 2.19. The largest absolute Gasteiger partial charge is 0.463 e. The lowest BCUT2D eigenvalue weighted by Gasteiger charge is -2.24. The Bertz CT molecular complexity index is 750. The quantitative estimate of drug-likeness (QED) is 0.289. The molecule has 0 saturated heterocycles. The summed E-state index contributed by atoms with van der Waals surface area (Å²) in [5.41, 5.74) is -1.79. The molecular weight excluding hydrogens is 356 g/mol. The van der Waals surface area contributed by atoms with Gasteiger partial charge in [-0.3, -0.25) is 9.59 Å². The van der Waals surface area contributed by atoms with E-state index in [1.807, 2.05) is 0 Å². The molecule has 0 fully saturated rings. The van der Waals surface area contributed by atoms with Gasteiger partial charge in [0.2, 0.25) is 0 Å². The second-order valence-electron chi connectivity index (χ2n) is 5.51. The SMILES string of the molecule is CCOC(=O)C=CC(=O)OC(C)(C(=O)Cc1ccccc1)C(=O)OC(C)=O. The van der Waals surface area contributed by atoms with Gasteiger partial charge in [-0.1, -0.05) is 30.3 Å². The normalized spacial score (nSPS) is 12.7. The summed E-state index contributed by atoms with van der Waals surface area (Å²) in [6, 6.07) is 8.44. The summed E-state index contributed by atoms with van der Waals surface area (Å²) in [6.45, 7) is 3.69. The molecule has 0 bridgehead atoms. The number of rotatable bonds is 8. The van der Waals surface area contributed by atoms with E-state index in [4.69, 9.17) is 4.74 Å². The van der Waals surface area contributed by atoms with Crippen LogP contribution in [0.3, 0.4) is 0 Å². The van der Waals surface area contributed by atoms with E-state index in [-0.39, 0.29) is 13.0 Å². The Labute approximate surface area is 156 Å². The van der Waals surface area contributed by atoms with E-state index in [9.17, 15) is 24.0 Å². The van der Waals surface area contributed by atoms with E-state index in [0.29, 0.717) is 11.6 Å². The zero-order chi connectivity index (χ0) is 20.4. The van der Waals surface area contributed by atoms with Crippen molar-refractivity contribution >= 4 is 29.7 Å². The van der Waals surface area contributed by atoms with Crippen LogP contribution in [-0.2, 0) is 44.6 Å². The molecule has 1 aromatic carbocycles. The van der Waals surface area contributed by atoms with E-state index in [1.165, 1.54) is 0 Å². The van der Waals surface area contributed by atoms with Crippen LogP contribution in [0.4, 0.5) is 0 Å². The molecule has 0 aromatic heterocycles. The maximum absolute atomic E-state index is 12.6. The van der Waals surface area contributed by atoms with Crippen LogP contribution in [0, 0.1) is 0 Å². The van der Waals surface area contributed by atoms with E-state index >= 15 is 0 Å². The van der Waals surface area contributed by atoms with Gasteiger partial charge >= 0.3 is 23.9 Å². The van der Waals surface area contributed by atoms with Crippen molar-refractivity contribution in [1.29, 1.82) is 0 Å². The molecule has 0 radical (unpaired) electrons. The molecule has 144 valence electrons. The van der Waals surface area contributed by atoms with Crippen molar-refractivity contribution in [3.8, 4) is 0 Å². The third kappa shape index (κ3) is 6.85. The highest BCUT2D eigenvalue weighted by Gasteiger charge is 2.46. The number of ether oxygens (including phenoxy) is 3. The van der Waals surface area contributed by atoms with Gasteiger partial charge in [0, 0.05) is 25.5 Å². The van der Waals surface area contributed by atoms with Gasteiger partial charge in [-0.25, -0.2) is 14.4 Å². The van der Waals surface area contributed by atoms with Crippen molar-refractivity contribution in [2.45, 2.75) is 32.8 Å². The van der Waals surface area contributed by atoms with Crippen LogP contribution in [0.2, 0.25) is 0 Å². The Hall–Kier alpha value is -3.29. The van der Waals surface area contributed by atoms with Gasteiger partial charge in [0.05, 0.1) is 6.61 Å². The molecular formula is C19H20O8. The predicted octanol–water partition coefficient (Wildman–Crippen LogP) is 1.31. The molecule has 0 amide bonds. The number of carbonyl (C=O) groups is 5. The molecule has 0 aliphatic heterocycles. The fraction of sp³-hybridized carbons (Fsp3) is 0.316. The summed E-state index contributed by atoms with van der Waals surface area (Å²) in [7, 11) is 0. The third-order valence-electron chi connectivity index (χ3n) is 3.31. The molecule has 0 N–H and O–H groups in total. The van der Waals surface area contributed by atoms with Crippen LogP contribution in [0.15, 0.2) is 42.5 Å². The lowest BCUT2D eigenvalue weighted by atomic mass is 9.94. The molecule has 0 aliphatic carbocycles. The minimum Gasteiger partial charge on any atom is -0.463 e. The van der Waals surface area contributed by atoms with Crippen molar-refractivity contribution in [2.24, 2.45) is 0 Å². The first-order valence-corrected chi connectivity index (χ1v) is 8.07. The highest BCUT2D eigenvalue weighted by atomic mass is 16.6. The maximum atomic E-state index is 12.6. The number of hydrogen-bond acceptors (Lipinski definition) is 8. The number of esters is 4. The Morgan fingerprint density at radius 3 is 2.15 bits per heavy atom. The fourth-order valence-electron chi connectivity index (χ4n) is 1.95. The standard InChI is InChI=1S/C19H20O8/c1-4-25-16(22)10-11-17(23)27-19(3,18(24)26-13(2)20)15(21)12-14-8-6-5-7-9-14/h5-11H,4,12H2,1-3H3. The Morgan fingerprint density at radius 1 is 1.00 bits per heavy atom. The third-order valence-corrected chi connectivity index (χ3v) is 3.31. The molecule has 1 unspecified atom stereocenters. The summed E-state index contributed by atoms with van der Waals surface area (Å²) < 4.78 is 14.0. The van der Waals surface area contributed by atoms with Crippen LogP contribution in [0.25, 0.3) is 0 Å². The van der Waals surface area contributed by atoms with Crippen LogP contribution < -0.4 is 0 Å². The van der Waals surface area contributed by atoms with E-state index in [2.05, 4.69) is 9.47 Å². The summed E-state index contributed by atoms with van der Waals surface area (Å²) in [6.07, 6.45) is 1.27. The number of carbonyl (C=O) groups excluding carboxylic acids is 5. The van der Waals surface area contributed by atoms with Crippen molar-refractivity contribution in [1.82, 2.24) is 0 Å². The lowest BCUT2D eigenvalue weighted by molar-refractivity contribution is -0.184. The van der Waals surface area contributed by atoms with E-state index in [0.717, 1.165) is 19.9 Å². The summed E-state index contributed by atoms with van der Waals surface area (Å²) in [5.74, 6) is -5.02. The predicted molar refractivity (Wildman–Crippen MR) is 92.2 cm³/mol. The number of hydrogen-bond donors (Lipinski definition) is 0. The Balaban J connectivity index is 3.02. The van der Waals surface area contributed by atoms with Crippen LogP contribution in [-0.4, -0.2) is 41.9 Å². The van der Waals surface area contributed by atoms with Crippen molar-refractivity contribution < 1.29 is 38.2 Å². The minimum atomic E-state index is -2.36. The summed E-state index contributed by atoms with van der Waals surface area (Å²) in [5, 5.41) is 0. The zero-order valence-electron chi connectivity index (χ0n) is 15.2. The van der Waals surface area contributed by atoms with Gasteiger partial charge in [-0.2, -0.15) is 0 Å². The smallest absolute Gasteiger partial charge is 0.365 e. The van der Waals surface area contributed by atoms with Crippen molar-refractivity contribution in [2.75, 3.05) is 6.61 Å². The number of ketones is 1. The summed E-state index contributed by atoms with van der Waals surface area (Å²) >= 11 is 0. The average Bonchev–Trinajstić information content (AvgIpc) is 2.60. The molecule has 0 saturated carbocycles. The number of Topliss-reactive ketones (excluding diaryl/α,β-unsaturated/α-hetero) is 1. The van der Waals surface area contributed by atoms with Gasteiger partial charge < -0.3 is 14.2 Å². The van der Waals surface area contributed by atoms with E-state index in [1.54, 1.807) is 37.3 Å². The van der Waals surface area contributed by atoms with Gasteiger partial charge in [0.25, 0.3) is 5.60 Å². The summed E-state index contributed by atoms with van der Waals surface area (Å²) in [4.78, 5) is 59.1. The van der Waals surface area contributed by atoms with Crippen LogP contribution in [0.5, 0.6) is 0 Å². The molecule has 0 heterocycles. The van der Waals surface area contributed by atoms with Crippen LogP contribution >= 0.6 is 0 Å². The molecule has 1 atom stereocenters. The van der Waals surface area contributed by atoms with Crippen molar-refractivity contribution in [3.63, 3.8) is 0 Å². The van der Waals surface area contributed by atoms with E-state index < -0.39 is 35.3 Å². The van der Waals surface area contributed by atoms with Gasteiger partial charge in [-0.05, 0) is 19.4 Å². The van der Waals surface area contributed by atoms with Gasteiger partial charge in [0.15, 0.2) is 5.78 Å². The van der Waals surface area contributed by atoms with Crippen LogP contribution in [0.1, 0.15) is 26.3 Å². The topological polar surface area (TPSA) is 113 Å². The zero-order valence-corrected chi connectivity index (χ0v) is 15.2. The number of benzene rings is 1. The maximum Gasteiger partial charge on any atom is 0.365 e. The second-order valence-corrected chi connectivity index (χ2v) is 5.51. The highest BCUT2D eigenvalue weighted by molar-refractivity contribution is 6.11. The lowest BCUT2D eigenvalue weighted by Crippen LogP contribution is -2.50.